The van der Waals surface area contributed by atoms with Gasteiger partial charge in [-0.2, -0.15) is 0 Å². The summed E-state index contributed by atoms with van der Waals surface area (Å²) >= 11 is 0. The molecule has 0 bridgehead atoms. The Bertz CT molecular complexity index is 243. The fourth-order valence-electron chi connectivity index (χ4n) is 1.31. The predicted molar refractivity (Wildman–Crippen MR) is 65.0 cm³/mol. The van der Waals surface area contributed by atoms with Gasteiger partial charge in [0.1, 0.15) is 0 Å². The predicted octanol–water partition coefficient (Wildman–Crippen LogP) is 3.09. The largest absolute Gasteiger partial charge is 0.328 e. The molecule has 0 amide bonds. The molecule has 1 aromatic rings. The van der Waals surface area contributed by atoms with E-state index >= 15 is 0 Å². The first-order chi connectivity index (χ1) is 6.22. The average molecular weight is 214 g/mol. The number of nitrogens with two attached hydrogens (primary N) is 1. The molecule has 0 aliphatic carbocycles. The Morgan fingerprint density at radius 3 is 2.29 bits per heavy atom. The van der Waals surface area contributed by atoms with Gasteiger partial charge >= 0.3 is 0 Å². The van der Waals surface area contributed by atoms with Crippen LogP contribution in [-0.2, 0) is 6.42 Å². The van der Waals surface area contributed by atoms with Crippen LogP contribution in [0.15, 0.2) is 24.3 Å². The third-order valence-electron chi connectivity index (χ3n) is 2.45. The molecular formula is C12H20ClN. The fraction of sp³-hybridized carbons (Fsp3) is 0.500. The van der Waals surface area contributed by atoms with Gasteiger partial charge < -0.3 is 5.73 Å². The number of rotatable bonds is 4. The highest BCUT2D eigenvalue weighted by Crippen LogP contribution is 2.07. The van der Waals surface area contributed by atoms with Crippen LogP contribution in [0.25, 0.3) is 0 Å². The standard InChI is InChI=1S/C12H19N.ClH/c1-3-12(13)9-8-11-6-4-10(2)5-7-11;/h4-7,12H,3,8-9,13H2,1-2H3;1H. The Kier molecular flexibility index (Phi) is 6.60. The van der Waals surface area contributed by atoms with Gasteiger partial charge in [-0.25, -0.2) is 0 Å². The Hall–Kier alpha value is -0.530. The zero-order valence-electron chi connectivity index (χ0n) is 8.99. The molecule has 14 heavy (non-hydrogen) atoms. The fourth-order valence-corrected chi connectivity index (χ4v) is 1.31. The van der Waals surface area contributed by atoms with Gasteiger partial charge in [0, 0.05) is 6.04 Å². The zero-order chi connectivity index (χ0) is 9.68. The van der Waals surface area contributed by atoms with Crippen LogP contribution in [-0.4, -0.2) is 6.04 Å². The summed E-state index contributed by atoms with van der Waals surface area (Å²) in [5, 5.41) is 0. The minimum Gasteiger partial charge on any atom is -0.328 e. The molecule has 0 spiro atoms. The monoisotopic (exact) mass is 213 g/mol. The molecule has 1 atom stereocenters. The van der Waals surface area contributed by atoms with E-state index in [0.29, 0.717) is 6.04 Å². The maximum absolute atomic E-state index is 5.85. The average Bonchev–Trinajstić information content (AvgIpc) is 2.16. The summed E-state index contributed by atoms with van der Waals surface area (Å²) in [5.41, 5.74) is 8.57. The second kappa shape index (κ2) is 6.86. The summed E-state index contributed by atoms with van der Waals surface area (Å²) in [7, 11) is 0. The van der Waals surface area contributed by atoms with E-state index in [1.807, 2.05) is 0 Å². The number of hydrogen-bond donors (Lipinski definition) is 1. The van der Waals surface area contributed by atoms with E-state index in [1.54, 1.807) is 0 Å². The highest BCUT2D eigenvalue weighted by Gasteiger charge is 1.99. The molecule has 1 rings (SSSR count). The lowest BCUT2D eigenvalue weighted by molar-refractivity contribution is 0.596. The number of benzene rings is 1. The van der Waals surface area contributed by atoms with Crippen molar-refractivity contribution in [1.29, 1.82) is 0 Å². The van der Waals surface area contributed by atoms with Crippen molar-refractivity contribution in [3.8, 4) is 0 Å². The minimum absolute atomic E-state index is 0. The van der Waals surface area contributed by atoms with Crippen molar-refractivity contribution < 1.29 is 0 Å². The van der Waals surface area contributed by atoms with Crippen molar-refractivity contribution in [3.05, 3.63) is 35.4 Å². The van der Waals surface area contributed by atoms with Crippen LogP contribution in [0.1, 0.15) is 30.9 Å². The second-order valence-corrected chi connectivity index (χ2v) is 3.69. The molecule has 0 heterocycles. The van der Waals surface area contributed by atoms with E-state index in [2.05, 4.69) is 38.1 Å². The van der Waals surface area contributed by atoms with Crippen LogP contribution in [0, 0.1) is 6.92 Å². The molecule has 0 aliphatic heterocycles. The first-order valence-electron chi connectivity index (χ1n) is 5.03. The molecule has 1 unspecified atom stereocenters. The highest BCUT2D eigenvalue weighted by molar-refractivity contribution is 5.85. The summed E-state index contributed by atoms with van der Waals surface area (Å²) in [6, 6.07) is 9.07. The quantitative estimate of drug-likeness (QED) is 0.818. The molecule has 0 radical (unpaired) electrons. The SMILES string of the molecule is CCC(N)CCc1ccc(C)cc1.Cl. The van der Waals surface area contributed by atoms with Crippen molar-refractivity contribution >= 4 is 12.4 Å². The Morgan fingerprint density at radius 1 is 1.21 bits per heavy atom. The van der Waals surface area contributed by atoms with E-state index in [-0.39, 0.29) is 12.4 Å². The third-order valence-corrected chi connectivity index (χ3v) is 2.45. The summed E-state index contributed by atoms with van der Waals surface area (Å²) < 4.78 is 0. The zero-order valence-corrected chi connectivity index (χ0v) is 9.81. The molecule has 1 nitrogen and oxygen atoms in total. The van der Waals surface area contributed by atoms with Gasteiger partial charge in [-0.05, 0) is 31.7 Å². The topological polar surface area (TPSA) is 26.0 Å². The van der Waals surface area contributed by atoms with Gasteiger partial charge in [-0.15, -0.1) is 12.4 Å². The molecule has 1 aromatic carbocycles. The number of halogens is 1. The van der Waals surface area contributed by atoms with Crippen LogP contribution in [0.3, 0.4) is 0 Å². The molecule has 2 heteroatoms. The van der Waals surface area contributed by atoms with Crippen molar-refractivity contribution in [2.45, 2.75) is 39.2 Å². The van der Waals surface area contributed by atoms with E-state index in [9.17, 15) is 0 Å². The third kappa shape index (κ3) is 4.64. The van der Waals surface area contributed by atoms with Gasteiger partial charge in [-0.1, -0.05) is 36.8 Å². The van der Waals surface area contributed by atoms with E-state index in [1.165, 1.54) is 11.1 Å². The van der Waals surface area contributed by atoms with Crippen molar-refractivity contribution in [2.75, 3.05) is 0 Å². The lowest BCUT2D eigenvalue weighted by atomic mass is 10.0. The van der Waals surface area contributed by atoms with Gasteiger partial charge in [-0.3, -0.25) is 0 Å². The lowest BCUT2D eigenvalue weighted by Gasteiger charge is -2.07. The summed E-state index contributed by atoms with van der Waals surface area (Å²) in [6.45, 7) is 4.25. The van der Waals surface area contributed by atoms with Crippen molar-refractivity contribution in [2.24, 2.45) is 5.73 Å². The van der Waals surface area contributed by atoms with Crippen LogP contribution in [0.5, 0.6) is 0 Å². The van der Waals surface area contributed by atoms with Crippen LogP contribution < -0.4 is 5.73 Å². The van der Waals surface area contributed by atoms with Crippen LogP contribution in [0.4, 0.5) is 0 Å². The Morgan fingerprint density at radius 2 is 1.79 bits per heavy atom. The first kappa shape index (κ1) is 13.5. The van der Waals surface area contributed by atoms with Gasteiger partial charge in [0.25, 0.3) is 0 Å². The van der Waals surface area contributed by atoms with Gasteiger partial charge in [0.05, 0.1) is 0 Å². The molecule has 0 aromatic heterocycles. The van der Waals surface area contributed by atoms with Crippen LogP contribution >= 0.6 is 12.4 Å². The summed E-state index contributed by atoms with van der Waals surface area (Å²) in [6.07, 6.45) is 3.28. The smallest absolute Gasteiger partial charge is 0.00393 e. The highest BCUT2D eigenvalue weighted by atomic mass is 35.5. The van der Waals surface area contributed by atoms with Gasteiger partial charge in [0.2, 0.25) is 0 Å². The minimum atomic E-state index is 0. The van der Waals surface area contributed by atoms with Crippen molar-refractivity contribution in [3.63, 3.8) is 0 Å². The maximum atomic E-state index is 5.85. The normalized spacial score (nSPS) is 11.9. The summed E-state index contributed by atoms with van der Waals surface area (Å²) in [5.74, 6) is 0. The maximum Gasteiger partial charge on any atom is 0.00393 e. The van der Waals surface area contributed by atoms with Gasteiger partial charge in [0.15, 0.2) is 0 Å². The molecule has 0 fully saturated rings. The molecule has 2 N–H and O–H groups in total. The second-order valence-electron chi connectivity index (χ2n) is 3.69. The first-order valence-corrected chi connectivity index (χ1v) is 5.03. The van der Waals surface area contributed by atoms with E-state index in [4.69, 9.17) is 5.73 Å². The van der Waals surface area contributed by atoms with Crippen molar-refractivity contribution in [1.82, 2.24) is 0 Å². The van der Waals surface area contributed by atoms with E-state index < -0.39 is 0 Å². The molecule has 0 saturated heterocycles. The number of hydrogen-bond acceptors (Lipinski definition) is 1. The summed E-state index contributed by atoms with van der Waals surface area (Å²) in [4.78, 5) is 0. The molecule has 0 aliphatic rings. The number of aryl methyl sites for hydroxylation is 2. The Labute approximate surface area is 93.1 Å². The molecular weight excluding hydrogens is 194 g/mol. The Balaban J connectivity index is 0.00000169. The van der Waals surface area contributed by atoms with E-state index in [0.717, 1.165) is 19.3 Å². The lowest BCUT2D eigenvalue weighted by Crippen LogP contribution is -2.18. The van der Waals surface area contributed by atoms with Crippen LogP contribution in [0.2, 0.25) is 0 Å². The molecule has 80 valence electrons. The molecule has 0 saturated carbocycles.